The molecule has 1 aliphatic rings. The van der Waals surface area contributed by atoms with Crippen molar-refractivity contribution >= 4 is 17.5 Å². The van der Waals surface area contributed by atoms with E-state index in [1.807, 2.05) is 18.2 Å². The summed E-state index contributed by atoms with van der Waals surface area (Å²) in [4.78, 5) is 25.6. The van der Waals surface area contributed by atoms with Gasteiger partial charge >= 0.3 is 0 Å². The molecule has 0 aliphatic carbocycles. The number of carbonyl (C=O) groups is 2. The van der Waals surface area contributed by atoms with Gasteiger partial charge in [0.1, 0.15) is 0 Å². The lowest BCUT2D eigenvalue weighted by Gasteiger charge is -2.14. The van der Waals surface area contributed by atoms with Crippen LogP contribution in [0.5, 0.6) is 0 Å². The molecule has 24 heavy (non-hydrogen) atoms. The van der Waals surface area contributed by atoms with E-state index in [1.165, 1.54) is 25.7 Å². The molecule has 0 unspecified atom stereocenters. The highest BCUT2D eigenvalue weighted by Crippen LogP contribution is 2.28. The molecule has 0 aromatic heterocycles. The fraction of sp³-hybridized carbons (Fsp3) is 0.600. The molecular formula is C20H30N2O2. The number of benzene rings is 1. The summed E-state index contributed by atoms with van der Waals surface area (Å²) >= 11 is 0. The van der Waals surface area contributed by atoms with Crippen LogP contribution in [0.25, 0.3) is 0 Å². The quantitative estimate of drug-likeness (QED) is 0.734. The Morgan fingerprint density at radius 2 is 1.92 bits per heavy atom. The molecule has 2 amide bonds. The Morgan fingerprint density at radius 3 is 2.62 bits per heavy atom. The average Bonchev–Trinajstić information content (AvgIpc) is 2.96. The smallest absolute Gasteiger partial charge is 0.251 e. The summed E-state index contributed by atoms with van der Waals surface area (Å²) in [6, 6.07) is 5.64. The van der Waals surface area contributed by atoms with Crippen LogP contribution in [0.4, 0.5) is 5.69 Å². The van der Waals surface area contributed by atoms with Crippen molar-refractivity contribution in [2.75, 3.05) is 18.0 Å². The minimum Gasteiger partial charge on any atom is -0.352 e. The summed E-state index contributed by atoms with van der Waals surface area (Å²) in [7, 11) is 0. The highest BCUT2D eigenvalue weighted by Gasteiger charge is 2.22. The van der Waals surface area contributed by atoms with Crippen LogP contribution in [0.2, 0.25) is 0 Å². The van der Waals surface area contributed by atoms with Gasteiger partial charge in [-0.1, -0.05) is 39.5 Å². The molecular weight excluding hydrogens is 300 g/mol. The minimum absolute atomic E-state index is 0.0127. The second-order valence-corrected chi connectivity index (χ2v) is 7.12. The first-order chi connectivity index (χ1) is 11.5. The Balaban J connectivity index is 1.75. The van der Waals surface area contributed by atoms with Crippen LogP contribution in [0.1, 0.15) is 68.8 Å². The minimum atomic E-state index is -0.0127. The number of fused-ring (bicyclic) bond motifs is 1. The van der Waals surface area contributed by atoms with Gasteiger partial charge in [0.05, 0.1) is 0 Å². The van der Waals surface area contributed by atoms with Crippen LogP contribution >= 0.6 is 0 Å². The van der Waals surface area contributed by atoms with Gasteiger partial charge in [-0.25, -0.2) is 0 Å². The van der Waals surface area contributed by atoms with Gasteiger partial charge in [-0.15, -0.1) is 0 Å². The molecule has 1 heterocycles. The van der Waals surface area contributed by atoms with Crippen LogP contribution in [-0.4, -0.2) is 24.9 Å². The Morgan fingerprint density at radius 1 is 1.17 bits per heavy atom. The number of nitrogens with zero attached hydrogens (tertiary/aromatic N) is 1. The second-order valence-electron chi connectivity index (χ2n) is 7.12. The van der Waals surface area contributed by atoms with Gasteiger partial charge in [-0.3, -0.25) is 9.59 Å². The van der Waals surface area contributed by atoms with Crippen LogP contribution < -0.4 is 10.2 Å². The van der Waals surface area contributed by atoms with E-state index in [9.17, 15) is 9.59 Å². The van der Waals surface area contributed by atoms with Crippen molar-refractivity contribution in [3.63, 3.8) is 0 Å². The lowest BCUT2D eigenvalue weighted by atomic mass is 10.0. The van der Waals surface area contributed by atoms with Crippen molar-refractivity contribution in [3.8, 4) is 0 Å². The summed E-state index contributed by atoms with van der Waals surface area (Å²) in [5.74, 6) is 0.827. The Bertz CT molecular complexity index is 581. The number of carbonyl (C=O) groups excluding carboxylic acids is 2. The highest BCUT2D eigenvalue weighted by molar-refractivity contribution is 5.97. The molecule has 0 saturated carbocycles. The first-order valence-electron chi connectivity index (χ1n) is 9.18. The van der Waals surface area contributed by atoms with Crippen LogP contribution in [0.15, 0.2) is 18.2 Å². The summed E-state index contributed by atoms with van der Waals surface area (Å²) < 4.78 is 0. The van der Waals surface area contributed by atoms with Crippen molar-refractivity contribution in [3.05, 3.63) is 29.3 Å². The van der Waals surface area contributed by atoms with E-state index in [2.05, 4.69) is 19.2 Å². The van der Waals surface area contributed by atoms with Gasteiger partial charge in [0.25, 0.3) is 5.91 Å². The van der Waals surface area contributed by atoms with Gasteiger partial charge in [0.15, 0.2) is 0 Å². The van der Waals surface area contributed by atoms with Gasteiger partial charge in [0, 0.05) is 31.3 Å². The Kier molecular flexibility index (Phi) is 6.83. The number of hydrogen-bond donors (Lipinski definition) is 1. The van der Waals surface area contributed by atoms with Crippen LogP contribution in [-0.2, 0) is 11.2 Å². The number of unbranched alkanes of at least 4 members (excludes halogenated alkanes) is 3. The molecule has 4 heteroatoms. The largest absolute Gasteiger partial charge is 0.352 e. The van der Waals surface area contributed by atoms with E-state index < -0.39 is 0 Å². The van der Waals surface area contributed by atoms with E-state index in [4.69, 9.17) is 0 Å². The maximum Gasteiger partial charge on any atom is 0.251 e. The second kappa shape index (κ2) is 8.86. The molecule has 0 saturated heterocycles. The van der Waals surface area contributed by atoms with E-state index in [1.54, 1.807) is 11.8 Å². The number of amides is 2. The predicted molar refractivity (Wildman–Crippen MR) is 98.4 cm³/mol. The molecule has 1 aromatic carbocycles. The third-order valence-corrected chi connectivity index (χ3v) is 4.61. The molecule has 4 nitrogen and oxygen atoms in total. The summed E-state index contributed by atoms with van der Waals surface area (Å²) in [5.41, 5.74) is 2.73. The molecule has 0 atom stereocenters. The number of rotatable bonds is 8. The maximum absolute atomic E-state index is 12.2. The molecule has 0 fully saturated rings. The van der Waals surface area contributed by atoms with Crippen molar-refractivity contribution < 1.29 is 9.59 Å². The molecule has 0 bridgehead atoms. The van der Waals surface area contributed by atoms with Gasteiger partial charge in [0.2, 0.25) is 5.91 Å². The van der Waals surface area contributed by atoms with E-state index >= 15 is 0 Å². The average molecular weight is 330 g/mol. The van der Waals surface area contributed by atoms with Gasteiger partial charge in [-0.05, 0) is 42.5 Å². The van der Waals surface area contributed by atoms with Crippen molar-refractivity contribution in [2.24, 2.45) is 5.92 Å². The SMILES string of the molecule is CC(=O)N1CCc2cc(C(=O)NCCCCCCC(C)C)ccc21. The highest BCUT2D eigenvalue weighted by atomic mass is 16.2. The van der Waals surface area contributed by atoms with E-state index in [-0.39, 0.29) is 11.8 Å². The monoisotopic (exact) mass is 330 g/mol. The van der Waals surface area contributed by atoms with E-state index in [0.29, 0.717) is 12.1 Å². The summed E-state index contributed by atoms with van der Waals surface area (Å²) in [6.45, 7) is 7.54. The van der Waals surface area contributed by atoms with Crippen molar-refractivity contribution in [2.45, 2.75) is 59.3 Å². The molecule has 1 aliphatic heterocycles. The fourth-order valence-electron chi connectivity index (χ4n) is 3.21. The summed E-state index contributed by atoms with van der Waals surface area (Å²) in [6.07, 6.45) is 6.85. The molecule has 132 valence electrons. The molecule has 0 spiro atoms. The maximum atomic E-state index is 12.2. The zero-order chi connectivity index (χ0) is 17.5. The fourth-order valence-corrected chi connectivity index (χ4v) is 3.21. The molecule has 2 rings (SSSR count). The first-order valence-corrected chi connectivity index (χ1v) is 9.18. The van der Waals surface area contributed by atoms with Crippen molar-refractivity contribution in [1.82, 2.24) is 5.32 Å². The van der Waals surface area contributed by atoms with Gasteiger partial charge in [-0.2, -0.15) is 0 Å². The lowest BCUT2D eigenvalue weighted by Crippen LogP contribution is -2.26. The first kappa shape index (κ1) is 18.5. The summed E-state index contributed by atoms with van der Waals surface area (Å²) in [5, 5.41) is 3.00. The number of nitrogens with one attached hydrogen (secondary N) is 1. The van der Waals surface area contributed by atoms with Crippen LogP contribution in [0, 0.1) is 5.92 Å². The normalized spacial score (nSPS) is 13.2. The standard InChI is InChI=1S/C20H30N2O2/c1-15(2)8-6-4-5-7-12-21-20(24)18-9-10-19-17(14-18)11-13-22(19)16(3)23/h9-10,14-15H,4-8,11-13H2,1-3H3,(H,21,24). The van der Waals surface area contributed by atoms with Crippen molar-refractivity contribution in [1.29, 1.82) is 0 Å². The lowest BCUT2D eigenvalue weighted by molar-refractivity contribution is -0.116. The number of hydrogen-bond acceptors (Lipinski definition) is 2. The third-order valence-electron chi connectivity index (χ3n) is 4.61. The molecule has 0 radical (unpaired) electrons. The van der Waals surface area contributed by atoms with E-state index in [0.717, 1.165) is 36.6 Å². The molecule has 1 N–H and O–H groups in total. The zero-order valence-corrected chi connectivity index (χ0v) is 15.2. The van der Waals surface area contributed by atoms with Crippen LogP contribution in [0.3, 0.4) is 0 Å². The predicted octanol–water partition coefficient (Wildman–Crippen LogP) is 3.93. The zero-order valence-electron chi connectivity index (χ0n) is 15.2. The van der Waals surface area contributed by atoms with Gasteiger partial charge < -0.3 is 10.2 Å². The molecule has 1 aromatic rings. The number of anilines is 1. The Labute approximate surface area is 145 Å². The Hall–Kier alpha value is -1.84. The topological polar surface area (TPSA) is 49.4 Å². The third kappa shape index (κ3) is 5.08.